The summed E-state index contributed by atoms with van der Waals surface area (Å²) in [5, 5.41) is 5.46. The van der Waals surface area contributed by atoms with Gasteiger partial charge in [-0.3, -0.25) is 19.7 Å². The molecule has 124 valence electrons. The van der Waals surface area contributed by atoms with Gasteiger partial charge < -0.3 is 16.4 Å². The zero-order valence-electron chi connectivity index (χ0n) is 11.4. The number of nitrogens with one attached hydrogen (secondary N) is 3. The number of amides is 5. The number of carbonyl (C=O) groups excluding carboxylic acids is 4. The van der Waals surface area contributed by atoms with Crippen LogP contribution in [-0.4, -0.2) is 30.3 Å². The highest BCUT2D eigenvalue weighted by atomic mass is 19.2. The summed E-state index contributed by atoms with van der Waals surface area (Å²) in [4.78, 5) is 44.2. The molecule has 0 radical (unpaired) electrons. The van der Waals surface area contributed by atoms with Crippen molar-refractivity contribution in [2.75, 3.05) is 11.9 Å². The van der Waals surface area contributed by atoms with E-state index in [1.807, 2.05) is 5.32 Å². The van der Waals surface area contributed by atoms with Crippen molar-refractivity contribution in [3.63, 3.8) is 0 Å². The predicted octanol–water partition coefficient (Wildman–Crippen LogP) is -0.256. The molecule has 0 atom stereocenters. The average molecular weight is 332 g/mol. The van der Waals surface area contributed by atoms with Gasteiger partial charge >= 0.3 is 17.8 Å². The molecule has 11 heteroatoms. The third kappa shape index (κ3) is 5.65. The van der Waals surface area contributed by atoms with E-state index in [-0.39, 0.29) is 19.0 Å². The van der Waals surface area contributed by atoms with Gasteiger partial charge in [-0.1, -0.05) is 0 Å². The van der Waals surface area contributed by atoms with Crippen LogP contribution in [0.15, 0.2) is 12.1 Å². The monoisotopic (exact) mass is 332 g/mol. The van der Waals surface area contributed by atoms with Gasteiger partial charge in [-0.05, 0) is 0 Å². The van der Waals surface area contributed by atoms with Gasteiger partial charge in [0.15, 0.2) is 11.6 Å². The fourth-order valence-corrected chi connectivity index (χ4v) is 1.37. The molecule has 1 aromatic rings. The van der Waals surface area contributed by atoms with Crippen LogP contribution in [0.3, 0.4) is 0 Å². The van der Waals surface area contributed by atoms with Crippen LogP contribution in [0.5, 0.6) is 0 Å². The van der Waals surface area contributed by atoms with Crippen molar-refractivity contribution in [1.29, 1.82) is 0 Å². The van der Waals surface area contributed by atoms with E-state index in [0.717, 1.165) is 0 Å². The number of halogens is 3. The Morgan fingerprint density at radius 2 is 1.57 bits per heavy atom. The second-order valence-electron chi connectivity index (χ2n) is 4.12. The van der Waals surface area contributed by atoms with Gasteiger partial charge in [0.25, 0.3) is 0 Å². The third-order valence-electron chi connectivity index (χ3n) is 2.36. The molecule has 5 N–H and O–H groups in total. The normalized spacial score (nSPS) is 9.87. The molecular formula is C12H11F3N4O4. The van der Waals surface area contributed by atoms with E-state index >= 15 is 0 Å². The van der Waals surface area contributed by atoms with Gasteiger partial charge in [0, 0.05) is 25.1 Å². The first-order valence-electron chi connectivity index (χ1n) is 6.03. The van der Waals surface area contributed by atoms with E-state index in [9.17, 15) is 32.3 Å². The largest absolute Gasteiger partial charge is 0.351 e. The lowest BCUT2D eigenvalue weighted by Crippen LogP contribution is -2.40. The quantitative estimate of drug-likeness (QED) is 0.447. The van der Waals surface area contributed by atoms with Crippen molar-refractivity contribution in [3.05, 3.63) is 29.6 Å². The maximum absolute atomic E-state index is 13.3. The molecule has 8 nitrogen and oxygen atoms in total. The maximum Gasteiger partial charge on any atom is 0.318 e. The van der Waals surface area contributed by atoms with Crippen LogP contribution in [0.2, 0.25) is 0 Å². The number of imide groups is 1. The molecule has 0 saturated carbocycles. The van der Waals surface area contributed by atoms with Crippen molar-refractivity contribution in [2.24, 2.45) is 5.73 Å². The SMILES string of the molecule is NC(=O)NC(=O)CCNC(=O)C(=O)Nc1cc(F)c(F)cc1F. The van der Waals surface area contributed by atoms with Gasteiger partial charge in [0.1, 0.15) is 5.82 Å². The smallest absolute Gasteiger partial charge is 0.318 e. The van der Waals surface area contributed by atoms with Crippen LogP contribution in [0.25, 0.3) is 0 Å². The van der Waals surface area contributed by atoms with Crippen LogP contribution < -0.4 is 21.7 Å². The summed E-state index contributed by atoms with van der Waals surface area (Å²) in [5.41, 5.74) is 3.95. The molecule has 0 aliphatic heterocycles. The summed E-state index contributed by atoms with van der Waals surface area (Å²) < 4.78 is 38.9. The molecule has 1 rings (SSSR count). The first-order chi connectivity index (χ1) is 10.7. The topological polar surface area (TPSA) is 130 Å². The van der Waals surface area contributed by atoms with Crippen molar-refractivity contribution >= 4 is 29.4 Å². The molecule has 0 unspecified atom stereocenters. The molecule has 0 fully saturated rings. The number of primary amides is 1. The standard InChI is InChI=1S/C12H11F3N4O4/c13-5-3-7(15)8(4-6(5)14)18-11(22)10(21)17-2-1-9(20)19-12(16)23/h3-4H,1-2H2,(H,17,21)(H,18,22)(H3,16,19,20,23). The van der Waals surface area contributed by atoms with Gasteiger partial charge in [-0.25, -0.2) is 18.0 Å². The minimum atomic E-state index is -1.45. The van der Waals surface area contributed by atoms with Crippen LogP contribution in [0.1, 0.15) is 6.42 Å². The summed E-state index contributed by atoms with van der Waals surface area (Å²) >= 11 is 0. The minimum Gasteiger partial charge on any atom is -0.351 e. The summed E-state index contributed by atoms with van der Waals surface area (Å²) in [7, 11) is 0. The molecule has 0 spiro atoms. The van der Waals surface area contributed by atoms with Crippen molar-refractivity contribution < 1.29 is 32.3 Å². The minimum absolute atomic E-state index is 0.205. The van der Waals surface area contributed by atoms with E-state index in [2.05, 4.69) is 5.73 Å². The molecule has 0 saturated heterocycles. The van der Waals surface area contributed by atoms with Gasteiger partial charge in [0.2, 0.25) is 5.91 Å². The number of anilines is 1. The molecule has 5 amide bonds. The van der Waals surface area contributed by atoms with Crippen molar-refractivity contribution in [1.82, 2.24) is 10.6 Å². The first-order valence-corrected chi connectivity index (χ1v) is 6.03. The number of carbonyl (C=O) groups is 4. The summed E-state index contributed by atoms with van der Waals surface area (Å²) in [5.74, 6) is -7.53. The number of urea groups is 1. The molecule has 0 bridgehead atoms. The Kier molecular flexibility index (Phi) is 6.06. The van der Waals surface area contributed by atoms with Crippen LogP contribution in [0, 0.1) is 17.5 Å². The third-order valence-corrected chi connectivity index (χ3v) is 2.36. The number of nitrogens with two attached hydrogens (primary N) is 1. The second kappa shape index (κ2) is 7.77. The van der Waals surface area contributed by atoms with Gasteiger partial charge in [-0.2, -0.15) is 0 Å². The summed E-state index contributed by atoms with van der Waals surface area (Å²) in [6.07, 6.45) is -0.346. The highest BCUT2D eigenvalue weighted by Gasteiger charge is 2.17. The van der Waals surface area contributed by atoms with Gasteiger partial charge in [-0.15, -0.1) is 0 Å². The Balaban J connectivity index is 2.52. The lowest BCUT2D eigenvalue weighted by atomic mass is 10.2. The van der Waals surface area contributed by atoms with Crippen LogP contribution in [0.4, 0.5) is 23.7 Å². The highest BCUT2D eigenvalue weighted by molar-refractivity contribution is 6.39. The highest BCUT2D eigenvalue weighted by Crippen LogP contribution is 2.18. The summed E-state index contributed by atoms with van der Waals surface area (Å²) in [6, 6.07) is -0.499. The Labute approximate surface area is 127 Å². The Morgan fingerprint density at radius 1 is 0.957 bits per heavy atom. The molecule has 23 heavy (non-hydrogen) atoms. The number of rotatable bonds is 4. The number of hydrogen-bond acceptors (Lipinski definition) is 4. The lowest BCUT2D eigenvalue weighted by molar-refractivity contribution is -0.136. The number of hydrogen-bond donors (Lipinski definition) is 4. The zero-order chi connectivity index (χ0) is 17.6. The Hall–Kier alpha value is -3.11. The molecular weight excluding hydrogens is 321 g/mol. The fourth-order valence-electron chi connectivity index (χ4n) is 1.37. The fraction of sp³-hybridized carbons (Fsp3) is 0.167. The maximum atomic E-state index is 13.3. The average Bonchev–Trinajstić information content (AvgIpc) is 2.43. The number of benzene rings is 1. The second-order valence-corrected chi connectivity index (χ2v) is 4.12. The molecule has 0 heterocycles. The van der Waals surface area contributed by atoms with E-state index in [1.165, 1.54) is 0 Å². The first kappa shape index (κ1) is 17.9. The van der Waals surface area contributed by atoms with E-state index < -0.39 is 46.9 Å². The van der Waals surface area contributed by atoms with E-state index in [1.54, 1.807) is 10.6 Å². The molecule has 0 aliphatic carbocycles. The van der Waals surface area contributed by atoms with Crippen molar-refractivity contribution in [2.45, 2.75) is 6.42 Å². The van der Waals surface area contributed by atoms with Crippen molar-refractivity contribution in [3.8, 4) is 0 Å². The molecule has 1 aromatic carbocycles. The summed E-state index contributed by atoms with van der Waals surface area (Å²) in [6.45, 7) is -0.314. The van der Waals surface area contributed by atoms with Crippen LogP contribution >= 0.6 is 0 Å². The predicted molar refractivity (Wildman–Crippen MR) is 70.3 cm³/mol. The van der Waals surface area contributed by atoms with E-state index in [0.29, 0.717) is 6.07 Å². The molecule has 0 aromatic heterocycles. The zero-order valence-corrected chi connectivity index (χ0v) is 11.4. The van der Waals surface area contributed by atoms with E-state index in [4.69, 9.17) is 0 Å². The van der Waals surface area contributed by atoms with Crippen LogP contribution in [-0.2, 0) is 14.4 Å². The lowest BCUT2D eigenvalue weighted by Gasteiger charge is -2.07. The van der Waals surface area contributed by atoms with Gasteiger partial charge in [0.05, 0.1) is 5.69 Å². The Bertz CT molecular complexity index is 666. The molecule has 0 aliphatic rings. The Morgan fingerprint density at radius 3 is 2.17 bits per heavy atom.